The second-order valence-electron chi connectivity index (χ2n) is 3.60. The molecule has 0 saturated heterocycles. The molecule has 0 aromatic carbocycles. The summed E-state index contributed by atoms with van der Waals surface area (Å²) in [5, 5.41) is 2.40. The fourth-order valence-electron chi connectivity index (χ4n) is 1.23. The molecule has 7 heteroatoms. The zero-order valence-electron chi connectivity index (χ0n) is 9.86. The lowest BCUT2D eigenvalue weighted by molar-refractivity contribution is -0.126. The average molecular weight is 250 g/mol. The van der Waals surface area contributed by atoms with Crippen molar-refractivity contribution in [3.63, 3.8) is 0 Å². The fraction of sp³-hybridized carbons (Fsp3) is 0.778. The van der Waals surface area contributed by atoms with Crippen molar-refractivity contribution in [2.45, 2.75) is 26.3 Å². The molecular weight excluding hydrogens is 231 g/mol. The van der Waals surface area contributed by atoms with Gasteiger partial charge in [0.1, 0.15) is 6.04 Å². The molecule has 0 aromatic heterocycles. The van der Waals surface area contributed by atoms with Gasteiger partial charge in [-0.15, -0.1) is 0 Å². The molecule has 0 saturated carbocycles. The molecule has 6 nitrogen and oxygen atoms in total. The maximum atomic E-state index is 11.7. The van der Waals surface area contributed by atoms with Crippen molar-refractivity contribution in [3.05, 3.63) is 0 Å². The van der Waals surface area contributed by atoms with Gasteiger partial charge in [0.05, 0.1) is 6.61 Å². The smallest absolute Gasteiger partial charge is 0.240 e. The third-order valence-corrected chi connectivity index (χ3v) is 3.82. The summed E-state index contributed by atoms with van der Waals surface area (Å²) in [6.07, 6.45) is 0.442. The number of carbonyl (C=O) groups excluding carboxylic acids is 2. The number of primary amides is 1. The molecule has 0 heterocycles. The number of nitrogens with two attached hydrogens (primary N) is 1. The maximum Gasteiger partial charge on any atom is 0.240 e. The van der Waals surface area contributed by atoms with Gasteiger partial charge >= 0.3 is 0 Å². The van der Waals surface area contributed by atoms with Gasteiger partial charge in [0, 0.05) is 19.8 Å². The van der Waals surface area contributed by atoms with Crippen LogP contribution in [0.3, 0.4) is 0 Å². The number of hydrogen-bond donors (Lipinski definition) is 2. The van der Waals surface area contributed by atoms with Gasteiger partial charge in [0.2, 0.25) is 11.8 Å². The van der Waals surface area contributed by atoms with Gasteiger partial charge in [0.25, 0.3) is 0 Å². The van der Waals surface area contributed by atoms with E-state index < -0.39 is 19.3 Å². The minimum Gasteiger partial charge on any atom is -0.368 e. The van der Waals surface area contributed by atoms with Crippen LogP contribution >= 0.6 is 7.37 Å². The number of amides is 2. The monoisotopic (exact) mass is 250 g/mol. The SMILES string of the molecule is CCOP(C)(=O)CC[C@H](NC(C)=O)C(N)=O. The number of nitrogens with one attached hydrogen (secondary N) is 1. The maximum absolute atomic E-state index is 11.7. The van der Waals surface area contributed by atoms with Crippen LogP contribution in [0.25, 0.3) is 0 Å². The zero-order valence-corrected chi connectivity index (χ0v) is 10.8. The van der Waals surface area contributed by atoms with Crippen LogP contribution in [0.4, 0.5) is 0 Å². The van der Waals surface area contributed by atoms with Crippen molar-refractivity contribution in [2.24, 2.45) is 5.73 Å². The third-order valence-electron chi connectivity index (χ3n) is 1.95. The van der Waals surface area contributed by atoms with Gasteiger partial charge < -0.3 is 15.6 Å². The molecule has 94 valence electrons. The zero-order chi connectivity index (χ0) is 12.8. The molecule has 2 amide bonds. The summed E-state index contributed by atoms with van der Waals surface area (Å²) in [5.74, 6) is -0.974. The van der Waals surface area contributed by atoms with Crippen LogP contribution in [0.5, 0.6) is 0 Å². The predicted molar refractivity (Wildman–Crippen MR) is 61.4 cm³/mol. The molecular formula is C9H19N2O4P. The molecule has 0 spiro atoms. The number of hydrogen-bond acceptors (Lipinski definition) is 4. The van der Waals surface area contributed by atoms with Crippen molar-refractivity contribution in [3.8, 4) is 0 Å². The Morgan fingerprint density at radius 3 is 2.44 bits per heavy atom. The molecule has 1 unspecified atom stereocenters. The quantitative estimate of drug-likeness (QED) is 0.635. The molecule has 0 aliphatic heterocycles. The summed E-state index contributed by atoms with van der Waals surface area (Å²) >= 11 is 0. The number of carbonyl (C=O) groups is 2. The summed E-state index contributed by atoms with van der Waals surface area (Å²) in [7, 11) is -2.69. The van der Waals surface area contributed by atoms with Crippen molar-refractivity contribution >= 4 is 19.2 Å². The average Bonchev–Trinajstić information content (AvgIpc) is 2.11. The van der Waals surface area contributed by atoms with E-state index in [0.29, 0.717) is 6.61 Å². The molecule has 0 aliphatic rings. The summed E-state index contributed by atoms with van der Waals surface area (Å²) in [5.41, 5.74) is 5.10. The first-order valence-electron chi connectivity index (χ1n) is 5.06. The van der Waals surface area contributed by atoms with E-state index in [0.717, 1.165) is 0 Å². The van der Waals surface area contributed by atoms with E-state index in [1.807, 2.05) is 0 Å². The van der Waals surface area contributed by atoms with Crippen LogP contribution in [-0.4, -0.2) is 37.3 Å². The second kappa shape index (κ2) is 6.66. The van der Waals surface area contributed by atoms with E-state index in [-0.39, 0.29) is 18.5 Å². The lowest BCUT2D eigenvalue weighted by Gasteiger charge is -2.17. The highest BCUT2D eigenvalue weighted by Gasteiger charge is 2.22. The lowest BCUT2D eigenvalue weighted by Crippen LogP contribution is -2.44. The Morgan fingerprint density at radius 1 is 1.50 bits per heavy atom. The van der Waals surface area contributed by atoms with E-state index in [1.54, 1.807) is 6.92 Å². The summed E-state index contributed by atoms with van der Waals surface area (Å²) in [4.78, 5) is 21.8. The standard InChI is InChI=1S/C9H19N2O4P/c1-4-15-16(3,14)6-5-8(9(10)13)11-7(2)12/h8H,4-6H2,1-3H3,(H2,10,13)(H,11,12)/t8-,16?/m0/s1. The van der Waals surface area contributed by atoms with E-state index in [1.165, 1.54) is 13.6 Å². The second-order valence-corrected chi connectivity index (χ2v) is 6.33. The van der Waals surface area contributed by atoms with Crippen molar-refractivity contribution in [1.29, 1.82) is 0 Å². The Labute approximate surface area is 95.4 Å². The Balaban J connectivity index is 4.27. The molecule has 0 aliphatic carbocycles. The summed E-state index contributed by atoms with van der Waals surface area (Å²) < 4.78 is 16.8. The normalized spacial score (nSPS) is 16.2. The van der Waals surface area contributed by atoms with Gasteiger partial charge in [0.15, 0.2) is 7.37 Å². The summed E-state index contributed by atoms with van der Waals surface area (Å²) in [6.45, 7) is 4.90. The highest BCUT2D eigenvalue weighted by Crippen LogP contribution is 2.42. The molecule has 0 aromatic rings. The Hall–Kier alpha value is -0.870. The van der Waals surface area contributed by atoms with E-state index in [2.05, 4.69) is 5.32 Å². The molecule has 0 bridgehead atoms. The van der Waals surface area contributed by atoms with E-state index >= 15 is 0 Å². The van der Waals surface area contributed by atoms with Crippen LogP contribution in [-0.2, 0) is 18.7 Å². The minimum absolute atomic E-state index is 0.217. The van der Waals surface area contributed by atoms with Crippen LogP contribution in [0, 0.1) is 0 Å². The first kappa shape index (κ1) is 15.1. The lowest BCUT2D eigenvalue weighted by atomic mass is 10.2. The highest BCUT2D eigenvalue weighted by atomic mass is 31.2. The topological polar surface area (TPSA) is 98.5 Å². The van der Waals surface area contributed by atoms with Gasteiger partial charge in [-0.25, -0.2) is 0 Å². The minimum atomic E-state index is -2.69. The molecule has 3 N–H and O–H groups in total. The fourth-order valence-corrected chi connectivity index (χ4v) is 2.63. The number of rotatable bonds is 7. The molecule has 0 radical (unpaired) electrons. The van der Waals surface area contributed by atoms with Crippen molar-refractivity contribution in [1.82, 2.24) is 5.32 Å². The Kier molecular flexibility index (Phi) is 6.29. The van der Waals surface area contributed by atoms with Crippen LogP contribution in [0.2, 0.25) is 0 Å². The van der Waals surface area contributed by atoms with E-state index in [9.17, 15) is 14.2 Å². The van der Waals surface area contributed by atoms with Crippen LogP contribution in [0.15, 0.2) is 0 Å². The van der Waals surface area contributed by atoms with Crippen molar-refractivity contribution < 1.29 is 18.7 Å². The first-order chi connectivity index (χ1) is 7.28. The van der Waals surface area contributed by atoms with Gasteiger partial charge in [-0.3, -0.25) is 14.2 Å². The molecule has 16 heavy (non-hydrogen) atoms. The first-order valence-corrected chi connectivity index (χ1v) is 7.31. The van der Waals surface area contributed by atoms with Gasteiger partial charge in [-0.1, -0.05) is 0 Å². The van der Waals surface area contributed by atoms with Gasteiger partial charge in [-0.2, -0.15) is 0 Å². The predicted octanol–water partition coefficient (Wildman–Crippen LogP) is 0.311. The molecule has 2 atom stereocenters. The van der Waals surface area contributed by atoms with Gasteiger partial charge in [-0.05, 0) is 13.3 Å². The Morgan fingerprint density at radius 2 is 2.06 bits per heavy atom. The highest BCUT2D eigenvalue weighted by molar-refractivity contribution is 7.58. The van der Waals surface area contributed by atoms with Crippen LogP contribution in [0.1, 0.15) is 20.3 Å². The summed E-state index contributed by atoms with van der Waals surface area (Å²) in [6, 6.07) is -0.786. The van der Waals surface area contributed by atoms with E-state index in [4.69, 9.17) is 10.3 Å². The Bertz CT molecular complexity index is 306. The van der Waals surface area contributed by atoms with Crippen LogP contribution < -0.4 is 11.1 Å². The van der Waals surface area contributed by atoms with Crippen molar-refractivity contribution in [2.75, 3.05) is 19.4 Å². The largest absolute Gasteiger partial charge is 0.368 e. The molecule has 0 rings (SSSR count). The molecule has 0 fully saturated rings. The third kappa shape index (κ3) is 6.58.